The fourth-order valence-electron chi connectivity index (χ4n) is 2.96. The van der Waals surface area contributed by atoms with Crippen LogP contribution in [-0.2, 0) is 16.0 Å². The van der Waals surface area contributed by atoms with Gasteiger partial charge in [-0.25, -0.2) is 4.79 Å². The third kappa shape index (κ3) is 3.83. The summed E-state index contributed by atoms with van der Waals surface area (Å²) in [4.78, 5) is 22.3. The number of fused-ring (bicyclic) bond motifs is 1. The summed E-state index contributed by atoms with van der Waals surface area (Å²) in [6.45, 7) is 0. The first kappa shape index (κ1) is 19.0. The number of furan rings is 1. The first-order chi connectivity index (χ1) is 13.4. The van der Waals surface area contributed by atoms with Gasteiger partial charge < -0.3 is 24.1 Å². The lowest BCUT2D eigenvalue weighted by molar-refractivity contribution is -0.136. The summed E-state index contributed by atoms with van der Waals surface area (Å²) < 4.78 is 16.5. The van der Waals surface area contributed by atoms with E-state index in [4.69, 9.17) is 19.0 Å². The Bertz CT molecular complexity index is 1060. The van der Waals surface area contributed by atoms with Gasteiger partial charge in [0.2, 0.25) is 0 Å². The number of rotatable bonds is 7. The first-order valence-electron chi connectivity index (χ1n) is 8.33. The molecule has 0 aliphatic carbocycles. The zero-order chi connectivity index (χ0) is 20.3. The molecule has 0 saturated carbocycles. The maximum Gasteiger partial charge on any atom is 0.328 e. The normalized spacial score (nSPS) is 11.1. The molecule has 0 aliphatic rings. The molecular formula is C21H18O7. The summed E-state index contributed by atoms with van der Waals surface area (Å²) in [7, 11) is 3.02. The van der Waals surface area contributed by atoms with E-state index in [1.54, 1.807) is 43.5 Å². The number of hydrogen-bond donors (Lipinski definition) is 2. The topological polar surface area (TPSA) is 106 Å². The summed E-state index contributed by atoms with van der Waals surface area (Å²) in [5, 5.41) is 18.8. The van der Waals surface area contributed by atoms with Gasteiger partial charge in [-0.1, -0.05) is 0 Å². The van der Waals surface area contributed by atoms with Crippen LogP contribution in [0.5, 0.6) is 11.5 Å². The molecule has 0 bridgehead atoms. The third-order valence-electron chi connectivity index (χ3n) is 4.20. The molecule has 1 heterocycles. The van der Waals surface area contributed by atoms with Crippen LogP contribution in [0.4, 0.5) is 0 Å². The van der Waals surface area contributed by atoms with Gasteiger partial charge in [-0.2, -0.15) is 0 Å². The maximum atomic E-state index is 11.5. The molecule has 0 spiro atoms. The van der Waals surface area contributed by atoms with Gasteiger partial charge in [0.25, 0.3) is 0 Å². The van der Waals surface area contributed by atoms with Crippen molar-refractivity contribution in [3.63, 3.8) is 0 Å². The Kier molecular flexibility index (Phi) is 5.35. The Balaban J connectivity index is 2.25. The molecule has 0 aliphatic heterocycles. The predicted octanol–water partition coefficient (Wildman–Crippen LogP) is 3.84. The van der Waals surface area contributed by atoms with Gasteiger partial charge in [0.05, 0.1) is 20.6 Å². The molecule has 1 aromatic heterocycles. The molecule has 7 nitrogen and oxygen atoms in total. The van der Waals surface area contributed by atoms with Crippen molar-refractivity contribution in [1.29, 1.82) is 0 Å². The van der Waals surface area contributed by atoms with E-state index >= 15 is 0 Å². The molecule has 2 aromatic carbocycles. The van der Waals surface area contributed by atoms with Crippen molar-refractivity contribution < 1.29 is 33.7 Å². The standard InChI is InChI=1S/C21H18O7/c1-26-14-6-4-13(5-7-14)20-16(11-19(24)25)15-9-12(3-8-18(22)23)10-17(27-2)21(15)28-20/h3-10H,11H2,1-2H3,(H,22,23)(H,24,25). The van der Waals surface area contributed by atoms with Gasteiger partial charge in [-0.3, -0.25) is 4.79 Å². The van der Waals surface area contributed by atoms with E-state index in [-0.39, 0.29) is 6.42 Å². The van der Waals surface area contributed by atoms with Crippen LogP contribution in [0.1, 0.15) is 11.1 Å². The van der Waals surface area contributed by atoms with Crippen LogP contribution in [0, 0.1) is 0 Å². The van der Waals surface area contributed by atoms with Crippen LogP contribution in [0.15, 0.2) is 46.9 Å². The Morgan fingerprint density at radius 3 is 2.36 bits per heavy atom. The van der Waals surface area contributed by atoms with E-state index < -0.39 is 11.9 Å². The van der Waals surface area contributed by atoms with Crippen LogP contribution in [-0.4, -0.2) is 36.4 Å². The Morgan fingerprint density at radius 2 is 1.79 bits per heavy atom. The fourth-order valence-corrected chi connectivity index (χ4v) is 2.96. The largest absolute Gasteiger partial charge is 0.497 e. The molecule has 0 saturated heterocycles. The molecule has 0 radical (unpaired) electrons. The smallest absolute Gasteiger partial charge is 0.328 e. The number of methoxy groups -OCH3 is 2. The van der Waals surface area contributed by atoms with Gasteiger partial charge in [-0.15, -0.1) is 0 Å². The van der Waals surface area contributed by atoms with E-state index in [9.17, 15) is 14.7 Å². The fraction of sp³-hybridized carbons (Fsp3) is 0.143. The van der Waals surface area contributed by atoms with Crippen LogP contribution in [0.25, 0.3) is 28.4 Å². The van der Waals surface area contributed by atoms with Crippen LogP contribution >= 0.6 is 0 Å². The van der Waals surface area contributed by atoms with Gasteiger partial charge >= 0.3 is 11.9 Å². The molecule has 144 valence electrons. The number of aliphatic carboxylic acids is 2. The molecule has 0 amide bonds. The molecule has 28 heavy (non-hydrogen) atoms. The molecule has 0 unspecified atom stereocenters. The lowest BCUT2D eigenvalue weighted by atomic mass is 10.0. The highest BCUT2D eigenvalue weighted by molar-refractivity contribution is 5.96. The minimum atomic E-state index is -1.09. The highest BCUT2D eigenvalue weighted by atomic mass is 16.5. The summed E-state index contributed by atoms with van der Waals surface area (Å²) >= 11 is 0. The number of ether oxygens (including phenoxy) is 2. The van der Waals surface area contributed by atoms with Crippen LogP contribution in [0.2, 0.25) is 0 Å². The second-order valence-corrected chi connectivity index (χ2v) is 5.98. The Hall–Kier alpha value is -3.74. The van der Waals surface area contributed by atoms with Crippen molar-refractivity contribution in [2.45, 2.75) is 6.42 Å². The second-order valence-electron chi connectivity index (χ2n) is 5.98. The molecule has 3 rings (SSSR count). The van der Waals surface area contributed by atoms with Crippen LogP contribution < -0.4 is 9.47 Å². The minimum absolute atomic E-state index is 0.260. The predicted molar refractivity (Wildman–Crippen MR) is 103 cm³/mol. The van der Waals surface area contributed by atoms with Crippen molar-refractivity contribution in [3.05, 3.63) is 53.6 Å². The van der Waals surface area contributed by atoms with Crippen molar-refractivity contribution in [1.82, 2.24) is 0 Å². The molecule has 7 heteroatoms. The Labute approximate surface area is 160 Å². The minimum Gasteiger partial charge on any atom is -0.497 e. The zero-order valence-corrected chi connectivity index (χ0v) is 15.3. The average molecular weight is 382 g/mol. The highest BCUT2D eigenvalue weighted by Gasteiger charge is 2.21. The number of carboxylic acid groups (broad SMARTS) is 2. The summed E-state index contributed by atoms with van der Waals surface area (Å²) in [5.41, 5.74) is 2.13. The van der Waals surface area contributed by atoms with Gasteiger partial charge in [-0.05, 0) is 48.0 Å². The van der Waals surface area contributed by atoms with Crippen LogP contribution in [0.3, 0.4) is 0 Å². The number of hydrogen-bond acceptors (Lipinski definition) is 5. The van der Waals surface area contributed by atoms with Crippen molar-refractivity contribution in [3.8, 4) is 22.8 Å². The summed E-state index contributed by atoms with van der Waals surface area (Å²) in [6, 6.07) is 10.4. The molecule has 0 fully saturated rings. The third-order valence-corrected chi connectivity index (χ3v) is 4.20. The SMILES string of the molecule is COc1ccc(-c2oc3c(OC)cc(C=CC(=O)O)cc3c2CC(=O)O)cc1. The maximum absolute atomic E-state index is 11.5. The number of carbonyl (C=O) groups is 2. The Morgan fingerprint density at radius 1 is 1.07 bits per heavy atom. The summed E-state index contributed by atoms with van der Waals surface area (Å²) in [5.74, 6) is -0.635. The number of carboxylic acids is 2. The van der Waals surface area contributed by atoms with Gasteiger partial charge in [0, 0.05) is 22.6 Å². The van der Waals surface area contributed by atoms with Crippen molar-refractivity contribution >= 4 is 29.0 Å². The zero-order valence-electron chi connectivity index (χ0n) is 15.3. The van der Waals surface area contributed by atoms with Gasteiger partial charge in [0.15, 0.2) is 11.3 Å². The monoisotopic (exact) mass is 382 g/mol. The lowest BCUT2D eigenvalue weighted by Crippen LogP contribution is -2.00. The lowest BCUT2D eigenvalue weighted by Gasteiger charge is -2.04. The van der Waals surface area contributed by atoms with E-state index in [0.717, 1.165) is 6.08 Å². The van der Waals surface area contributed by atoms with E-state index in [1.807, 2.05) is 0 Å². The van der Waals surface area contributed by atoms with E-state index in [0.29, 0.717) is 44.9 Å². The molecule has 0 atom stereocenters. The number of benzene rings is 2. The van der Waals surface area contributed by atoms with Crippen molar-refractivity contribution in [2.24, 2.45) is 0 Å². The van der Waals surface area contributed by atoms with E-state index in [2.05, 4.69) is 0 Å². The van der Waals surface area contributed by atoms with Crippen molar-refractivity contribution in [2.75, 3.05) is 14.2 Å². The second kappa shape index (κ2) is 7.87. The molecular weight excluding hydrogens is 364 g/mol. The van der Waals surface area contributed by atoms with E-state index in [1.165, 1.54) is 13.2 Å². The summed E-state index contributed by atoms with van der Waals surface area (Å²) in [6.07, 6.45) is 2.15. The molecule has 2 N–H and O–H groups in total. The highest BCUT2D eigenvalue weighted by Crippen LogP contribution is 2.39. The average Bonchev–Trinajstić information content (AvgIpc) is 3.03. The molecule has 3 aromatic rings. The van der Waals surface area contributed by atoms with Gasteiger partial charge in [0.1, 0.15) is 11.5 Å². The quantitative estimate of drug-likeness (QED) is 0.598. The first-order valence-corrected chi connectivity index (χ1v) is 8.33.